The molecular weight excluding hydrogens is 198 g/mol. The first-order valence-electron chi connectivity index (χ1n) is 4.93. The second-order valence-corrected chi connectivity index (χ2v) is 3.90. The Morgan fingerprint density at radius 2 is 2.29 bits per heavy atom. The highest BCUT2D eigenvalue weighted by atomic mass is 35.5. The van der Waals surface area contributed by atoms with Crippen LogP contribution < -0.4 is 0 Å². The number of halogens is 1. The van der Waals surface area contributed by atoms with Gasteiger partial charge in [0.2, 0.25) is 0 Å². The summed E-state index contributed by atoms with van der Waals surface area (Å²) in [7, 11) is 0. The first kappa shape index (κ1) is 8.28. The molecule has 2 nitrogen and oxygen atoms in total. The number of aliphatic hydroxyl groups is 1. The summed E-state index contributed by atoms with van der Waals surface area (Å²) in [5.41, 5.74) is 1.10. The minimum absolute atomic E-state index is 0.377. The summed E-state index contributed by atoms with van der Waals surface area (Å²) in [5, 5.41) is 18.7. The number of hydrogen-bond donors (Lipinski definition) is 1. The molecule has 0 unspecified atom stereocenters. The van der Waals surface area contributed by atoms with Crippen LogP contribution in [0.5, 0.6) is 0 Å². The van der Waals surface area contributed by atoms with Crippen molar-refractivity contribution in [1.82, 2.24) is 0 Å². The summed E-state index contributed by atoms with van der Waals surface area (Å²) in [5.74, 6) is -0.838. The van der Waals surface area contributed by atoms with Crippen molar-refractivity contribution in [3.63, 3.8) is 0 Å². The minimum atomic E-state index is -0.838. The van der Waals surface area contributed by atoms with Gasteiger partial charge in [-0.15, -0.1) is 0 Å². The highest BCUT2D eigenvalue weighted by Crippen LogP contribution is 2.39. The lowest BCUT2D eigenvalue weighted by atomic mass is 9.76. The average molecular weight is 209 g/mol. The Hall–Kier alpha value is -1.04. The molecule has 1 fully saturated rings. The molecule has 1 aliphatic rings. The van der Waals surface area contributed by atoms with E-state index in [1.54, 1.807) is 18.2 Å². The molecule has 1 aromatic rings. The molecule has 0 saturated heterocycles. The smallest absolute Gasteiger partial charge is 0.0994 e. The second-order valence-electron chi connectivity index (χ2n) is 3.47. The molecule has 0 aliphatic heterocycles. The molecule has 0 aromatic heterocycles. The monoisotopic (exact) mass is 208 g/mol. The van der Waals surface area contributed by atoms with Crippen LogP contribution in [0.15, 0.2) is 18.2 Å². The molecule has 3 heteroatoms. The summed E-state index contributed by atoms with van der Waals surface area (Å²) in [6.07, 6.45) is 0.331. The fraction of sp³-hybridized carbons (Fsp3) is 0.364. The summed E-state index contributed by atoms with van der Waals surface area (Å²) in [6.45, 7) is 0. The Morgan fingerprint density at radius 3 is 2.86 bits per heavy atom. The lowest BCUT2D eigenvalue weighted by molar-refractivity contribution is 0.0746. The van der Waals surface area contributed by atoms with Gasteiger partial charge in [-0.3, -0.25) is 0 Å². The van der Waals surface area contributed by atoms with Crippen molar-refractivity contribution >= 4 is 11.6 Å². The van der Waals surface area contributed by atoms with Gasteiger partial charge in [-0.1, -0.05) is 11.6 Å². The van der Waals surface area contributed by atoms with Crippen molar-refractivity contribution in [2.45, 2.75) is 24.8 Å². The van der Waals surface area contributed by atoms with E-state index in [4.69, 9.17) is 18.2 Å². The molecule has 72 valence electrons. The molecule has 1 aliphatic carbocycles. The van der Waals surface area contributed by atoms with Gasteiger partial charge < -0.3 is 5.11 Å². The largest absolute Gasteiger partial charge is 0.393 e. The van der Waals surface area contributed by atoms with Gasteiger partial charge in [0.15, 0.2) is 0 Å². The van der Waals surface area contributed by atoms with Gasteiger partial charge in [0.1, 0.15) is 0 Å². The van der Waals surface area contributed by atoms with Gasteiger partial charge in [-0.05, 0) is 42.5 Å². The molecule has 0 bridgehead atoms. The fourth-order valence-electron chi connectivity index (χ4n) is 1.64. The molecule has 2 rings (SSSR count). The third-order valence-electron chi connectivity index (χ3n) is 2.45. The summed E-state index contributed by atoms with van der Waals surface area (Å²) in [4.78, 5) is 0. The molecule has 0 radical (unpaired) electrons. The lowest BCUT2D eigenvalue weighted by Gasteiger charge is -2.32. The maximum absolute atomic E-state index is 9.24. The quantitative estimate of drug-likeness (QED) is 0.771. The van der Waals surface area contributed by atoms with E-state index in [1.165, 1.54) is 0 Å². The average Bonchev–Trinajstić information content (AvgIpc) is 2.15. The third kappa shape index (κ3) is 1.61. The van der Waals surface area contributed by atoms with E-state index in [2.05, 4.69) is 6.07 Å². The van der Waals surface area contributed by atoms with Crippen LogP contribution in [0, 0.1) is 11.3 Å². The van der Waals surface area contributed by atoms with E-state index < -0.39 is 12.0 Å². The zero-order chi connectivity index (χ0) is 11.1. The highest BCUT2D eigenvalue weighted by molar-refractivity contribution is 6.30. The predicted molar refractivity (Wildman–Crippen MR) is 54.1 cm³/mol. The molecule has 14 heavy (non-hydrogen) atoms. The fourth-order valence-corrected chi connectivity index (χ4v) is 1.81. The van der Waals surface area contributed by atoms with Crippen molar-refractivity contribution in [3.8, 4) is 6.07 Å². The van der Waals surface area contributed by atoms with E-state index in [-0.39, 0.29) is 0 Å². The first-order valence-corrected chi connectivity index (χ1v) is 4.81. The van der Waals surface area contributed by atoms with Crippen LogP contribution >= 0.6 is 11.6 Å². The van der Waals surface area contributed by atoms with Crippen LogP contribution in [-0.2, 0) is 0 Å². The Bertz CT molecular complexity index is 435. The Morgan fingerprint density at radius 1 is 1.57 bits per heavy atom. The number of nitrogens with zero attached hydrogens (tertiary/aromatic N) is 1. The molecule has 0 amide bonds. The second kappa shape index (κ2) is 3.61. The SMILES string of the molecule is [2H]C1(c2cc(Cl)ccc2C#N)CC(O)C1. The zero-order valence-electron chi connectivity index (χ0n) is 8.50. The molecular formula is C11H10ClNO. The van der Waals surface area contributed by atoms with E-state index in [1.807, 2.05) is 0 Å². The van der Waals surface area contributed by atoms with Crippen LogP contribution in [-0.4, -0.2) is 11.2 Å². The van der Waals surface area contributed by atoms with Gasteiger partial charge in [0, 0.05) is 6.39 Å². The Kier molecular flexibility index (Phi) is 2.13. The summed E-state index contributed by atoms with van der Waals surface area (Å²) >= 11 is 5.84. The van der Waals surface area contributed by atoms with Crippen LogP contribution in [0.4, 0.5) is 0 Å². The number of aliphatic hydroxyl groups excluding tert-OH is 1. The molecule has 0 heterocycles. The van der Waals surface area contributed by atoms with Gasteiger partial charge in [0.25, 0.3) is 0 Å². The maximum atomic E-state index is 9.24. The van der Waals surface area contributed by atoms with Gasteiger partial charge in [-0.2, -0.15) is 5.26 Å². The van der Waals surface area contributed by atoms with E-state index in [0.29, 0.717) is 29.0 Å². The summed E-state index contributed by atoms with van der Waals surface area (Å²) in [6, 6.07) is 6.97. The van der Waals surface area contributed by atoms with Gasteiger partial charge in [-0.25, -0.2) is 0 Å². The molecule has 1 N–H and O–H groups in total. The standard InChI is InChI=1S/C11H10ClNO/c12-9-2-1-7(6-13)11(5-9)8-3-10(14)4-8/h1-2,5,8,10,14H,3-4H2/i8D. The van der Waals surface area contributed by atoms with Crippen molar-refractivity contribution < 1.29 is 6.48 Å². The minimum Gasteiger partial charge on any atom is -0.393 e. The Labute approximate surface area is 89.1 Å². The van der Waals surface area contributed by atoms with Crippen molar-refractivity contribution in [3.05, 3.63) is 34.3 Å². The van der Waals surface area contributed by atoms with Gasteiger partial charge >= 0.3 is 0 Å². The van der Waals surface area contributed by atoms with Crippen LogP contribution in [0.25, 0.3) is 0 Å². The summed E-state index contributed by atoms with van der Waals surface area (Å²) < 4.78 is 8.10. The van der Waals surface area contributed by atoms with Gasteiger partial charge in [0.05, 0.1) is 17.7 Å². The normalized spacial score (nSPS) is 31.5. The Balaban J connectivity index is 2.44. The van der Waals surface area contributed by atoms with Crippen molar-refractivity contribution in [2.75, 3.05) is 0 Å². The first-order chi connectivity index (χ1) is 7.05. The third-order valence-corrected chi connectivity index (χ3v) is 2.68. The number of benzene rings is 1. The maximum Gasteiger partial charge on any atom is 0.0994 e. The van der Waals surface area contributed by atoms with E-state index >= 15 is 0 Å². The van der Waals surface area contributed by atoms with E-state index in [0.717, 1.165) is 0 Å². The van der Waals surface area contributed by atoms with Crippen molar-refractivity contribution in [1.29, 1.82) is 5.26 Å². The predicted octanol–water partition coefficient (Wildman–Crippen LogP) is 2.45. The van der Waals surface area contributed by atoms with Crippen molar-refractivity contribution in [2.24, 2.45) is 0 Å². The van der Waals surface area contributed by atoms with Crippen LogP contribution in [0.1, 0.15) is 31.2 Å². The number of nitriles is 1. The molecule has 0 spiro atoms. The highest BCUT2D eigenvalue weighted by Gasteiger charge is 2.30. The molecule has 1 aromatic carbocycles. The zero-order valence-corrected chi connectivity index (χ0v) is 8.25. The molecule has 1 saturated carbocycles. The number of hydrogen-bond acceptors (Lipinski definition) is 2. The lowest BCUT2D eigenvalue weighted by Crippen LogP contribution is -2.26. The van der Waals surface area contributed by atoms with E-state index in [9.17, 15) is 5.11 Å². The topological polar surface area (TPSA) is 44.0 Å². The number of rotatable bonds is 1. The molecule has 0 atom stereocenters. The van der Waals surface area contributed by atoms with Crippen LogP contribution in [0.3, 0.4) is 0 Å². The van der Waals surface area contributed by atoms with Crippen LogP contribution in [0.2, 0.25) is 5.02 Å².